The molecule has 0 radical (unpaired) electrons. The maximum Gasteiger partial charge on any atom is 0.438 e. The Hall–Kier alpha value is -1.30. The van der Waals surface area contributed by atoms with Gasteiger partial charge < -0.3 is 5.11 Å². The van der Waals surface area contributed by atoms with Crippen molar-refractivity contribution >= 4 is 28.5 Å². The minimum Gasteiger partial charge on any atom is -0.362 e. The highest BCUT2D eigenvalue weighted by molar-refractivity contribution is 14.1. The number of nitrogens with one attached hydrogen (secondary N) is 1. The van der Waals surface area contributed by atoms with Crippen LogP contribution in [-0.4, -0.2) is 37.7 Å². The van der Waals surface area contributed by atoms with E-state index in [0.717, 1.165) is 0 Å². The zero-order chi connectivity index (χ0) is 15.3. The minimum atomic E-state index is -5.02. The highest BCUT2D eigenvalue weighted by atomic mass is 127. The van der Waals surface area contributed by atoms with Gasteiger partial charge in [-0.3, -0.25) is 14.9 Å². The molecule has 1 amide bonds. The number of aryl methyl sites for hydroxylation is 1. The van der Waals surface area contributed by atoms with E-state index in [-0.39, 0.29) is 16.4 Å². The fourth-order valence-corrected chi connectivity index (χ4v) is 2.56. The Morgan fingerprint density at radius 3 is 2.70 bits per heavy atom. The molecule has 1 aromatic rings. The summed E-state index contributed by atoms with van der Waals surface area (Å²) in [5.74, 6) is -1.08. The van der Waals surface area contributed by atoms with Crippen LogP contribution in [0.5, 0.6) is 0 Å². The van der Waals surface area contributed by atoms with Gasteiger partial charge in [-0.15, -0.1) is 0 Å². The molecule has 0 spiro atoms. The van der Waals surface area contributed by atoms with Crippen molar-refractivity contribution in [2.45, 2.75) is 18.3 Å². The first-order chi connectivity index (χ1) is 9.06. The van der Waals surface area contributed by atoms with Gasteiger partial charge in [0.05, 0.1) is 3.57 Å². The minimum absolute atomic E-state index is 0.107. The molecule has 1 saturated heterocycles. The van der Waals surface area contributed by atoms with Crippen molar-refractivity contribution in [3.8, 4) is 0 Å². The van der Waals surface area contributed by atoms with Gasteiger partial charge in [-0.2, -0.15) is 18.3 Å². The van der Waals surface area contributed by atoms with Crippen LogP contribution >= 0.6 is 22.6 Å². The molecule has 2 N–H and O–H groups in total. The second-order valence-electron chi connectivity index (χ2n) is 4.35. The van der Waals surface area contributed by atoms with E-state index in [9.17, 15) is 23.1 Å². The van der Waals surface area contributed by atoms with Gasteiger partial charge >= 0.3 is 6.18 Å². The number of hydrogen-bond donors (Lipinski definition) is 2. The van der Waals surface area contributed by atoms with E-state index in [2.05, 4.69) is 17.1 Å². The first-order valence-electron chi connectivity index (χ1n) is 5.33. The molecule has 0 saturated carbocycles. The maximum atomic E-state index is 13.0. The predicted octanol–water partition coefficient (Wildman–Crippen LogP) is 1.14. The van der Waals surface area contributed by atoms with E-state index < -0.39 is 24.2 Å². The lowest BCUT2D eigenvalue weighted by molar-refractivity contribution is -0.299. The number of amides is 1. The van der Waals surface area contributed by atoms with Gasteiger partial charge in [-0.1, -0.05) is 6.58 Å². The van der Waals surface area contributed by atoms with Crippen molar-refractivity contribution in [3.63, 3.8) is 0 Å². The number of aliphatic hydroxyl groups is 1. The van der Waals surface area contributed by atoms with Crippen LogP contribution in [0.4, 0.5) is 13.2 Å². The average molecular weight is 402 g/mol. The molecule has 1 aromatic heterocycles. The van der Waals surface area contributed by atoms with Crippen LogP contribution in [0.1, 0.15) is 16.9 Å². The Balaban J connectivity index is 2.43. The summed E-state index contributed by atoms with van der Waals surface area (Å²) in [6.07, 6.45) is -4.37. The monoisotopic (exact) mass is 402 g/mol. The topological polar surface area (TPSA) is 70.4 Å². The molecule has 2 heterocycles. The van der Waals surface area contributed by atoms with E-state index >= 15 is 0 Å². The van der Waals surface area contributed by atoms with Crippen LogP contribution in [0.15, 0.2) is 18.5 Å². The number of rotatable bonds is 1. The molecule has 0 bridgehead atoms. The molecule has 0 aliphatic carbocycles. The summed E-state index contributed by atoms with van der Waals surface area (Å²) in [5.41, 5.74) is -1.47. The van der Waals surface area contributed by atoms with Crippen LogP contribution in [0, 0.1) is 3.57 Å². The quantitative estimate of drug-likeness (QED) is 0.692. The Kier molecular flexibility index (Phi) is 3.48. The van der Waals surface area contributed by atoms with E-state index in [1.54, 1.807) is 22.6 Å². The number of hydrazine groups is 1. The molecule has 0 aromatic carbocycles. The number of nitrogens with zero attached hydrogens (tertiary/aromatic N) is 3. The Bertz CT molecular complexity index is 586. The summed E-state index contributed by atoms with van der Waals surface area (Å²) in [7, 11) is 1.53. The van der Waals surface area contributed by atoms with Gasteiger partial charge in [0.15, 0.2) is 5.69 Å². The fraction of sp³-hybridized carbons (Fsp3) is 0.400. The molecular formula is C10H10F3IN4O2. The van der Waals surface area contributed by atoms with E-state index in [1.165, 1.54) is 17.9 Å². The molecule has 2 rings (SSSR count). The normalized spacial score (nSPS) is 23.1. The summed E-state index contributed by atoms with van der Waals surface area (Å²) in [6, 6.07) is 0. The smallest absolute Gasteiger partial charge is 0.362 e. The lowest BCUT2D eigenvalue weighted by Crippen LogP contribution is -2.60. The molecule has 110 valence electrons. The van der Waals surface area contributed by atoms with E-state index in [1.807, 2.05) is 0 Å². The average Bonchev–Trinajstić information content (AvgIpc) is 2.77. The summed E-state index contributed by atoms with van der Waals surface area (Å²) >= 11 is 1.78. The number of carbonyl (C=O) groups excluding carboxylic acids is 1. The molecule has 1 aliphatic rings. The molecule has 1 aliphatic heterocycles. The van der Waals surface area contributed by atoms with Crippen molar-refractivity contribution in [2.75, 3.05) is 0 Å². The summed E-state index contributed by atoms with van der Waals surface area (Å²) < 4.78 is 40.7. The standard InChI is InChI=1S/C10H10F3IN4O2/c1-5-3-9(20,10(11,12)13)18(15-5)8(19)7-6(14)4-17(2)16-7/h4,15,20H,1,3H2,2H3. The second-order valence-corrected chi connectivity index (χ2v) is 5.51. The number of alkyl halides is 3. The lowest BCUT2D eigenvalue weighted by Gasteiger charge is -2.33. The highest BCUT2D eigenvalue weighted by Gasteiger charge is 2.63. The number of halogens is 4. The van der Waals surface area contributed by atoms with Gasteiger partial charge in [0, 0.05) is 25.4 Å². The van der Waals surface area contributed by atoms with Crippen LogP contribution in [0.2, 0.25) is 0 Å². The third kappa shape index (κ3) is 2.26. The third-order valence-electron chi connectivity index (χ3n) is 2.74. The lowest BCUT2D eigenvalue weighted by atomic mass is 10.1. The second kappa shape index (κ2) is 4.62. The largest absolute Gasteiger partial charge is 0.438 e. The van der Waals surface area contributed by atoms with Gasteiger partial charge in [-0.25, -0.2) is 5.01 Å². The van der Waals surface area contributed by atoms with Gasteiger partial charge in [0.2, 0.25) is 0 Å². The van der Waals surface area contributed by atoms with Crippen LogP contribution in [-0.2, 0) is 7.05 Å². The van der Waals surface area contributed by atoms with Crippen molar-refractivity contribution in [1.29, 1.82) is 0 Å². The van der Waals surface area contributed by atoms with Crippen molar-refractivity contribution in [1.82, 2.24) is 20.2 Å². The molecule has 10 heteroatoms. The Morgan fingerprint density at radius 1 is 1.65 bits per heavy atom. The molecule has 1 atom stereocenters. The Labute approximate surface area is 125 Å². The van der Waals surface area contributed by atoms with Gasteiger partial charge in [0.1, 0.15) is 0 Å². The van der Waals surface area contributed by atoms with Crippen LogP contribution < -0.4 is 5.43 Å². The summed E-state index contributed by atoms with van der Waals surface area (Å²) in [6.45, 7) is 3.32. The summed E-state index contributed by atoms with van der Waals surface area (Å²) in [5, 5.41) is 13.7. The highest BCUT2D eigenvalue weighted by Crippen LogP contribution is 2.41. The molecule has 20 heavy (non-hydrogen) atoms. The molecule has 1 fully saturated rings. The van der Waals surface area contributed by atoms with Crippen molar-refractivity contribution < 1.29 is 23.1 Å². The Morgan fingerprint density at radius 2 is 2.25 bits per heavy atom. The van der Waals surface area contributed by atoms with Crippen LogP contribution in [0.3, 0.4) is 0 Å². The predicted molar refractivity (Wildman–Crippen MR) is 70.0 cm³/mol. The SMILES string of the molecule is C=C1CC(O)(C(F)(F)F)N(C(=O)c2nn(C)cc2I)N1. The van der Waals surface area contributed by atoms with Crippen molar-refractivity contribution in [3.05, 3.63) is 27.7 Å². The fourth-order valence-electron chi connectivity index (χ4n) is 1.82. The van der Waals surface area contributed by atoms with Crippen molar-refractivity contribution in [2.24, 2.45) is 7.05 Å². The third-order valence-corrected chi connectivity index (χ3v) is 3.53. The number of carbonyl (C=O) groups is 1. The van der Waals surface area contributed by atoms with Gasteiger partial charge in [-0.05, 0) is 22.6 Å². The number of aromatic nitrogens is 2. The molecular weight excluding hydrogens is 392 g/mol. The first kappa shape index (κ1) is 15.1. The first-order valence-corrected chi connectivity index (χ1v) is 6.41. The summed E-state index contributed by atoms with van der Waals surface area (Å²) in [4.78, 5) is 12.2. The van der Waals surface area contributed by atoms with E-state index in [4.69, 9.17) is 0 Å². The van der Waals surface area contributed by atoms with Gasteiger partial charge in [0.25, 0.3) is 11.6 Å². The zero-order valence-corrected chi connectivity index (χ0v) is 12.4. The molecule has 6 nitrogen and oxygen atoms in total. The maximum absolute atomic E-state index is 13.0. The van der Waals surface area contributed by atoms with Crippen LogP contribution in [0.25, 0.3) is 0 Å². The molecule has 1 unspecified atom stereocenters. The number of hydrogen-bond acceptors (Lipinski definition) is 4. The van der Waals surface area contributed by atoms with E-state index in [0.29, 0.717) is 3.57 Å². The zero-order valence-electron chi connectivity index (χ0n) is 10.2.